The number of aromatic nitrogens is 2. The van der Waals surface area contributed by atoms with Gasteiger partial charge >= 0.3 is 0 Å². The number of nitrogens with zero attached hydrogens (tertiary/aromatic N) is 1. The van der Waals surface area contributed by atoms with Gasteiger partial charge in [-0.05, 0) is 12.1 Å². The Morgan fingerprint density at radius 1 is 1.33 bits per heavy atom. The molecule has 3 heteroatoms. The zero-order chi connectivity index (χ0) is 11.1. The maximum atomic E-state index is 11.8. The van der Waals surface area contributed by atoms with Crippen LogP contribution in [-0.2, 0) is 5.41 Å². The zero-order valence-electron chi connectivity index (χ0n) is 9.16. The molecule has 0 radical (unpaired) electrons. The molecule has 0 amide bonds. The molecule has 2 aromatic rings. The van der Waals surface area contributed by atoms with Crippen molar-refractivity contribution in [2.24, 2.45) is 0 Å². The first kappa shape index (κ1) is 9.90. The number of hydrogen-bond acceptors (Lipinski definition) is 2. The molecular weight excluding hydrogens is 188 g/mol. The van der Waals surface area contributed by atoms with Crippen molar-refractivity contribution in [3.63, 3.8) is 0 Å². The van der Waals surface area contributed by atoms with Gasteiger partial charge in [0.15, 0.2) is 5.43 Å². The average molecular weight is 202 g/mol. The van der Waals surface area contributed by atoms with E-state index < -0.39 is 0 Å². The summed E-state index contributed by atoms with van der Waals surface area (Å²) in [5.74, 6) is 0. The summed E-state index contributed by atoms with van der Waals surface area (Å²) in [6.45, 7) is 6.19. The Balaban J connectivity index is 2.79. The van der Waals surface area contributed by atoms with Gasteiger partial charge < -0.3 is 4.98 Å². The quantitative estimate of drug-likeness (QED) is 0.712. The molecule has 2 aromatic heterocycles. The Morgan fingerprint density at radius 2 is 2.07 bits per heavy atom. The molecule has 0 aliphatic rings. The van der Waals surface area contributed by atoms with Crippen molar-refractivity contribution < 1.29 is 0 Å². The summed E-state index contributed by atoms with van der Waals surface area (Å²) in [4.78, 5) is 19.1. The fourth-order valence-electron chi connectivity index (χ4n) is 1.48. The number of rotatable bonds is 0. The first-order valence-corrected chi connectivity index (χ1v) is 4.97. The van der Waals surface area contributed by atoms with Crippen molar-refractivity contribution in [2.75, 3.05) is 0 Å². The average Bonchev–Trinajstić information content (AvgIpc) is 2.16. The predicted molar refractivity (Wildman–Crippen MR) is 61.1 cm³/mol. The second kappa shape index (κ2) is 3.19. The molecule has 0 atom stereocenters. The third kappa shape index (κ3) is 1.77. The van der Waals surface area contributed by atoms with Crippen LogP contribution < -0.4 is 5.43 Å². The normalized spacial score (nSPS) is 11.9. The second-order valence-corrected chi connectivity index (χ2v) is 4.70. The molecule has 0 aliphatic heterocycles. The number of pyridine rings is 2. The van der Waals surface area contributed by atoms with Gasteiger partial charge in [0.2, 0.25) is 0 Å². The van der Waals surface area contributed by atoms with Crippen LogP contribution in [0.3, 0.4) is 0 Å². The minimum Gasteiger partial charge on any atom is -0.343 e. The van der Waals surface area contributed by atoms with E-state index in [1.54, 1.807) is 24.4 Å². The fourth-order valence-corrected chi connectivity index (χ4v) is 1.48. The number of H-pyrrole nitrogens is 1. The van der Waals surface area contributed by atoms with E-state index in [2.05, 4.69) is 30.7 Å². The van der Waals surface area contributed by atoms with E-state index in [0.717, 1.165) is 5.69 Å². The Labute approximate surface area is 88.2 Å². The largest absolute Gasteiger partial charge is 0.343 e. The summed E-state index contributed by atoms with van der Waals surface area (Å²) in [5.41, 5.74) is 1.54. The summed E-state index contributed by atoms with van der Waals surface area (Å²) in [6, 6.07) is 5.21. The lowest BCUT2D eigenvalue weighted by Crippen LogP contribution is -2.17. The maximum absolute atomic E-state index is 11.8. The second-order valence-electron chi connectivity index (χ2n) is 4.70. The Bertz CT molecular complexity index is 549. The topological polar surface area (TPSA) is 45.8 Å². The van der Waals surface area contributed by atoms with Crippen LogP contribution >= 0.6 is 0 Å². The summed E-state index contributed by atoms with van der Waals surface area (Å²) in [6.07, 6.45) is 1.69. The van der Waals surface area contributed by atoms with Gasteiger partial charge in [-0.15, -0.1) is 0 Å². The molecular formula is C12H14N2O. The molecule has 3 nitrogen and oxygen atoms in total. The molecule has 2 heterocycles. The molecule has 15 heavy (non-hydrogen) atoms. The van der Waals surface area contributed by atoms with Gasteiger partial charge in [0.1, 0.15) is 5.65 Å². The third-order valence-electron chi connectivity index (χ3n) is 2.41. The van der Waals surface area contributed by atoms with Gasteiger partial charge in [0.25, 0.3) is 0 Å². The molecule has 78 valence electrons. The summed E-state index contributed by atoms with van der Waals surface area (Å²) in [5, 5.41) is 0.644. The van der Waals surface area contributed by atoms with Crippen LogP contribution in [0.15, 0.2) is 29.2 Å². The molecule has 0 aromatic carbocycles. The van der Waals surface area contributed by atoms with E-state index in [4.69, 9.17) is 0 Å². The van der Waals surface area contributed by atoms with Gasteiger partial charge in [-0.2, -0.15) is 0 Å². The number of hydrogen-bond donors (Lipinski definition) is 1. The van der Waals surface area contributed by atoms with Crippen molar-refractivity contribution in [1.82, 2.24) is 9.97 Å². The highest BCUT2D eigenvalue weighted by Crippen LogP contribution is 2.19. The number of nitrogens with one attached hydrogen (secondary N) is 1. The minimum absolute atomic E-state index is 0.0294. The van der Waals surface area contributed by atoms with Crippen LogP contribution in [0, 0.1) is 0 Å². The van der Waals surface area contributed by atoms with Gasteiger partial charge in [-0.1, -0.05) is 20.8 Å². The summed E-state index contributed by atoms with van der Waals surface area (Å²) < 4.78 is 0. The molecule has 2 rings (SSSR count). The van der Waals surface area contributed by atoms with Crippen molar-refractivity contribution >= 4 is 11.0 Å². The highest BCUT2D eigenvalue weighted by molar-refractivity contribution is 5.74. The fraction of sp³-hybridized carbons (Fsp3) is 0.333. The van der Waals surface area contributed by atoms with Gasteiger partial charge in [0, 0.05) is 23.4 Å². The molecule has 0 bridgehead atoms. The van der Waals surface area contributed by atoms with E-state index in [0.29, 0.717) is 11.0 Å². The van der Waals surface area contributed by atoms with E-state index in [1.807, 2.05) is 0 Å². The van der Waals surface area contributed by atoms with E-state index in [9.17, 15) is 4.79 Å². The maximum Gasteiger partial charge on any atom is 0.191 e. The van der Waals surface area contributed by atoms with E-state index in [1.165, 1.54) is 0 Å². The first-order valence-electron chi connectivity index (χ1n) is 4.97. The van der Waals surface area contributed by atoms with Crippen LogP contribution in [0.5, 0.6) is 0 Å². The minimum atomic E-state index is -0.0646. The lowest BCUT2D eigenvalue weighted by Gasteiger charge is -2.18. The van der Waals surface area contributed by atoms with Gasteiger partial charge in [-0.3, -0.25) is 4.79 Å². The van der Waals surface area contributed by atoms with Gasteiger partial charge in [-0.25, -0.2) is 4.98 Å². The van der Waals surface area contributed by atoms with Gasteiger partial charge in [0.05, 0.1) is 5.39 Å². The van der Waals surface area contributed by atoms with Crippen LogP contribution in [0.2, 0.25) is 0 Å². The van der Waals surface area contributed by atoms with E-state index >= 15 is 0 Å². The first-order chi connectivity index (χ1) is 6.98. The molecule has 0 saturated heterocycles. The summed E-state index contributed by atoms with van der Waals surface area (Å²) >= 11 is 0. The van der Waals surface area contributed by atoms with E-state index in [-0.39, 0.29) is 10.8 Å². The van der Waals surface area contributed by atoms with Crippen molar-refractivity contribution in [1.29, 1.82) is 0 Å². The Morgan fingerprint density at radius 3 is 2.73 bits per heavy atom. The molecule has 0 fully saturated rings. The highest BCUT2D eigenvalue weighted by atomic mass is 16.1. The zero-order valence-corrected chi connectivity index (χ0v) is 9.16. The Kier molecular flexibility index (Phi) is 2.11. The Hall–Kier alpha value is -1.64. The SMILES string of the molecule is CC(C)(C)c1cc(=O)c2cccnc2[nH]1. The summed E-state index contributed by atoms with van der Waals surface area (Å²) in [7, 11) is 0. The molecule has 1 N–H and O–H groups in total. The molecule has 0 saturated carbocycles. The molecule has 0 unspecified atom stereocenters. The highest BCUT2D eigenvalue weighted by Gasteiger charge is 2.16. The van der Waals surface area contributed by atoms with Crippen LogP contribution in [-0.4, -0.2) is 9.97 Å². The molecule has 0 aliphatic carbocycles. The standard InChI is InChI=1S/C12H14N2O/c1-12(2,3)10-7-9(15)8-5-4-6-13-11(8)14-10/h4-7H,1-3H3,(H,13,14,15). The van der Waals surface area contributed by atoms with Crippen molar-refractivity contribution in [3.05, 3.63) is 40.3 Å². The molecule has 0 spiro atoms. The monoisotopic (exact) mass is 202 g/mol. The number of aromatic amines is 1. The van der Waals surface area contributed by atoms with Crippen LogP contribution in [0.4, 0.5) is 0 Å². The lowest BCUT2D eigenvalue weighted by molar-refractivity contribution is 0.570. The smallest absolute Gasteiger partial charge is 0.191 e. The van der Waals surface area contributed by atoms with Crippen LogP contribution in [0.1, 0.15) is 26.5 Å². The van der Waals surface area contributed by atoms with Crippen LogP contribution in [0.25, 0.3) is 11.0 Å². The predicted octanol–water partition coefficient (Wildman–Crippen LogP) is 2.22. The number of fused-ring (bicyclic) bond motifs is 1. The third-order valence-corrected chi connectivity index (χ3v) is 2.41. The lowest BCUT2D eigenvalue weighted by atomic mass is 9.91. The van der Waals surface area contributed by atoms with Crippen molar-refractivity contribution in [3.8, 4) is 0 Å². The van der Waals surface area contributed by atoms with Crippen molar-refractivity contribution in [2.45, 2.75) is 26.2 Å².